The van der Waals surface area contributed by atoms with Crippen molar-refractivity contribution in [1.82, 2.24) is 10.6 Å². The fourth-order valence-corrected chi connectivity index (χ4v) is 3.07. The van der Waals surface area contributed by atoms with Crippen molar-refractivity contribution in [3.8, 4) is 0 Å². The third-order valence-corrected chi connectivity index (χ3v) is 4.35. The van der Waals surface area contributed by atoms with Gasteiger partial charge in [-0.15, -0.1) is 0 Å². The van der Waals surface area contributed by atoms with E-state index in [-0.39, 0.29) is 16.4 Å². The van der Waals surface area contributed by atoms with Crippen LogP contribution in [0.25, 0.3) is 0 Å². The number of benzene rings is 2. The number of hydrogen-bond donors (Lipinski definition) is 3. The predicted octanol–water partition coefficient (Wildman–Crippen LogP) is 3.30. The van der Waals surface area contributed by atoms with E-state index in [1.807, 2.05) is 0 Å². The zero-order chi connectivity index (χ0) is 20.4. The number of nitro benzene ring substituents is 1. The topological polar surface area (TPSA) is 96.3 Å². The summed E-state index contributed by atoms with van der Waals surface area (Å²) in [5, 5.41) is 19.3. The Morgan fingerprint density at radius 1 is 1.18 bits per heavy atom. The highest BCUT2D eigenvalue weighted by molar-refractivity contribution is 7.80. The molecule has 28 heavy (non-hydrogen) atoms. The van der Waals surface area contributed by atoms with Crippen molar-refractivity contribution in [2.24, 2.45) is 0 Å². The molecule has 3 rings (SSSR count). The van der Waals surface area contributed by atoms with Crippen molar-refractivity contribution in [1.29, 1.82) is 0 Å². The van der Waals surface area contributed by atoms with Crippen LogP contribution in [0, 0.1) is 21.7 Å². The molecule has 0 saturated carbocycles. The maximum absolute atomic E-state index is 13.7. The van der Waals surface area contributed by atoms with Crippen LogP contribution < -0.4 is 16.0 Å². The molecule has 1 aliphatic rings. The van der Waals surface area contributed by atoms with Crippen LogP contribution in [-0.4, -0.2) is 15.9 Å². The first-order valence-electron chi connectivity index (χ1n) is 8.05. The zero-order valence-electron chi connectivity index (χ0n) is 14.5. The average molecular weight is 404 g/mol. The summed E-state index contributed by atoms with van der Waals surface area (Å²) in [6, 6.07) is 7.83. The van der Waals surface area contributed by atoms with Crippen LogP contribution in [0.1, 0.15) is 18.5 Å². The molecule has 0 aromatic heterocycles. The number of thiocarbonyl (C=S) groups is 1. The van der Waals surface area contributed by atoms with Crippen LogP contribution >= 0.6 is 12.2 Å². The summed E-state index contributed by atoms with van der Waals surface area (Å²) in [6.45, 7) is 1.63. The smallest absolute Gasteiger partial charge is 0.269 e. The fourth-order valence-electron chi connectivity index (χ4n) is 2.80. The third-order valence-electron chi connectivity index (χ3n) is 4.13. The summed E-state index contributed by atoms with van der Waals surface area (Å²) in [6.07, 6.45) is 0. The number of nitro groups is 1. The maximum Gasteiger partial charge on any atom is 0.269 e. The summed E-state index contributed by atoms with van der Waals surface area (Å²) in [5.74, 6) is -2.57. The number of anilines is 1. The minimum atomic E-state index is -1.04. The Bertz CT molecular complexity index is 1010. The maximum atomic E-state index is 13.7. The molecule has 1 amide bonds. The molecule has 10 heteroatoms. The van der Waals surface area contributed by atoms with Gasteiger partial charge in [0.25, 0.3) is 11.6 Å². The van der Waals surface area contributed by atoms with Crippen molar-refractivity contribution < 1.29 is 18.5 Å². The number of non-ortho nitro benzene ring substituents is 1. The summed E-state index contributed by atoms with van der Waals surface area (Å²) in [7, 11) is 0. The molecule has 144 valence electrons. The summed E-state index contributed by atoms with van der Waals surface area (Å²) >= 11 is 5.11. The third kappa shape index (κ3) is 3.96. The number of halogens is 2. The number of rotatable bonds is 4. The average Bonchev–Trinajstić information content (AvgIpc) is 2.63. The number of allylic oxidation sites excluding steroid dienone is 1. The SMILES string of the molecule is CC1=C(C(=O)Nc2ccc([N+](=O)[O-])cc2)[C@H](c2ccc(F)c(F)c2)NC(=S)N1. The molecule has 1 aliphatic heterocycles. The molecule has 0 spiro atoms. The summed E-state index contributed by atoms with van der Waals surface area (Å²) in [5.41, 5.74) is 1.21. The van der Waals surface area contributed by atoms with E-state index in [0.29, 0.717) is 16.9 Å². The highest BCUT2D eigenvalue weighted by atomic mass is 32.1. The van der Waals surface area contributed by atoms with Gasteiger partial charge in [0.1, 0.15) is 0 Å². The standard InChI is InChI=1S/C18H14F2N4O3S/c1-9-15(17(25)22-11-3-5-12(6-4-11)24(26)27)16(23-18(28)21-9)10-2-7-13(19)14(20)8-10/h2-8,16H,1H3,(H,22,25)(H2,21,23,28)/t16-/m0/s1. The zero-order valence-corrected chi connectivity index (χ0v) is 15.3. The minimum Gasteiger partial charge on any atom is -0.351 e. The van der Waals surface area contributed by atoms with Gasteiger partial charge in [0.15, 0.2) is 16.7 Å². The number of nitrogens with zero attached hydrogens (tertiary/aromatic N) is 1. The second kappa shape index (κ2) is 7.69. The molecule has 2 aromatic carbocycles. The Morgan fingerprint density at radius 2 is 1.86 bits per heavy atom. The minimum absolute atomic E-state index is 0.112. The second-order valence-electron chi connectivity index (χ2n) is 6.00. The van der Waals surface area contributed by atoms with Gasteiger partial charge in [-0.25, -0.2) is 8.78 Å². The monoisotopic (exact) mass is 404 g/mol. The van der Waals surface area contributed by atoms with Gasteiger partial charge < -0.3 is 16.0 Å². The first-order valence-corrected chi connectivity index (χ1v) is 8.46. The van der Waals surface area contributed by atoms with Gasteiger partial charge in [-0.1, -0.05) is 6.07 Å². The predicted molar refractivity (Wildman–Crippen MR) is 102 cm³/mol. The molecule has 2 aromatic rings. The van der Waals surface area contributed by atoms with Gasteiger partial charge in [-0.05, 0) is 49.0 Å². The number of hydrogen-bond acceptors (Lipinski definition) is 4. The molecule has 3 N–H and O–H groups in total. The molecule has 0 radical (unpaired) electrons. The van der Waals surface area contributed by atoms with E-state index >= 15 is 0 Å². The Kier molecular flexibility index (Phi) is 5.32. The van der Waals surface area contributed by atoms with Crippen LogP contribution in [0.15, 0.2) is 53.7 Å². The van der Waals surface area contributed by atoms with Crippen molar-refractivity contribution in [2.45, 2.75) is 13.0 Å². The lowest BCUT2D eigenvalue weighted by Gasteiger charge is -2.30. The van der Waals surface area contributed by atoms with E-state index < -0.39 is 28.5 Å². The van der Waals surface area contributed by atoms with Crippen LogP contribution in [0.2, 0.25) is 0 Å². The molecular formula is C18H14F2N4O3S. The van der Waals surface area contributed by atoms with E-state index in [4.69, 9.17) is 12.2 Å². The van der Waals surface area contributed by atoms with Gasteiger partial charge in [0.05, 0.1) is 16.5 Å². The Labute approximate surface area is 163 Å². The van der Waals surface area contributed by atoms with E-state index in [0.717, 1.165) is 12.1 Å². The summed E-state index contributed by atoms with van der Waals surface area (Å²) < 4.78 is 27.0. The highest BCUT2D eigenvalue weighted by Crippen LogP contribution is 2.29. The van der Waals surface area contributed by atoms with E-state index in [1.165, 1.54) is 30.3 Å². The Morgan fingerprint density at radius 3 is 2.46 bits per heavy atom. The largest absolute Gasteiger partial charge is 0.351 e. The van der Waals surface area contributed by atoms with Gasteiger partial charge >= 0.3 is 0 Å². The second-order valence-corrected chi connectivity index (χ2v) is 6.41. The molecule has 1 atom stereocenters. The van der Waals surface area contributed by atoms with Crippen LogP contribution in [0.5, 0.6) is 0 Å². The number of carbonyl (C=O) groups excluding carboxylic acids is 1. The van der Waals surface area contributed by atoms with Crippen molar-refractivity contribution in [2.75, 3.05) is 5.32 Å². The van der Waals surface area contributed by atoms with Crippen LogP contribution in [0.3, 0.4) is 0 Å². The first kappa shape index (κ1) is 19.4. The van der Waals surface area contributed by atoms with Gasteiger partial charge in [-0.3, -0.25) is 14.9 Å². The molecular weight excluding hydrogens is 390 g/mol. The number of nitrogens with one attached hydrogen (secondary N) is 3. The normalized spacial score (nSPS) is 16.2. The molecule has 1 heterocycles. The van der Waals surface area contributed by atoms with Crippen molar-refractivity contribution >= 4 is 34.6 Å². The van der Waals surface area contributed by atoms with Crippen LogP contribution in [0.4, 0.5) is 20.2 Å². The molecule has 0 bridgehead atoms. The lowest BCUT2D eigenvalue weighted by Crippen LogP contribution is -2.45. The highest BCUT2D eigenvalue weighted by Gasteiger charge is 2.30. The van der Waals surface area contributed by atoms with E-state index in [1.54, 1.807) is 6.92 Å². The lowest BCUT2D eigenvalue weighted by molar-refractivity contribution is -0.384. The molecule has 0 aliphatic carbocycles. The first-order chi connectivity index (χ1) is 13.3. The van der Waals surface area contributed by atoms with Crippen molar-refractivity contribution in [3.63, 3.8) is 0 Å². The molecule has 0 fully saturated rings. The van der Waals surface area contributed by atoms with Gasteiger partial charge in [0.2, 0.25) is 0 Å². The van der Waals surface area contributed by atoms with Crippen LogP contribution in [-0.2, 0) is 4.79 Å². The van der Waals surface area contributed by atoms with Gasteiger partial charge in [0, 0.05) is 23.5 Å². The molecule has 0 unspecified atom stereocenters. The lowest BCUT2D eigenvalue weighted by atomic mass is 9.94. The molecule has 0 saturated heterocycles. The van der Waals surface area contributed by atoms with Crippen molar-refractivity contribution in [3.05, 3.63) is 81.0 Å². The van der Waals surface area contributed by atoms with E-state index in [2.05, 4.69) is 16.0 Å². The van der Waals surface area contributed by atoms with Gasteiger partial charge in [-0.2, -0.15) is 0 Å². The number of amides is 1. The fraction of sp³-hybridized carbons (Fsp3) is 0.111. The van der Waals surface area contributed by atoms with E-state index in [9.17, 15) is 23.7 Å². The quantitative estimate of drug-likeness (QED) is 0.411. The Hall–Kier alpha value is -3.40. The molecule has 7 nitrogen and oxygen atoms in total. The summed E-state index contributed by atoms with van der Waals surface area (Å²) in [4.78, 5) is 23.0. The Balaban J connectivity index is 1.92. The number of carbonyl (C=O) groups is 1.